The number of hydrogen-bond donors (Lipinski definition) is 0. The zero-order chi connectivity index (χ0) is 10.1. The first kappa shape index (κ1) is 10.1. The molecule has 1 aromatic heterocycles. The van der Waals surface area contributed by atoms with Gasteiger partial charge in [-0.2, -0.15) is 0 Å². The predicted molar refractivity (Wildman–Crippen MR) is 62.9 cm³/mol. The topological polar surface area (TPSA) is 9.23 Å². The molecule has 0 aliphatic carbocycles. The molecular formula is C10H8Cl2OS. The summed E-state index contributed by atoms with van der Waals surface area (Å²) in [6, 6.07) is 5.79. The molecular weight excluding hydrogens is 239 g/mol. The molecule has 2 aromatic rings. The van der Waals surface area contributed by atoms with E-state index in [0.717, 1.165) is 20.7 Å². The van der Waals surface area contributed by atoms with E-state index in [4.69, 9.17) is 27.9 Å². The summed E-state index contributed by atoms with van der Waals surface area (Å²) in [4.78, 5) is 0. The van der Waals surface area contributed by atoms with Gasteiger partial charge in [0.1, 0.15) is 0 Å². The predicted octanol–water partition coefficient (Wildman–Crippen LogP) is 4.30. The van der Waals surface area contributed by atoms with E-state index in [0.29, 0.717) is 10.9 Å². The molecule has 0 atom stereocenters. The maximum Gasteiger partial charge on any atom is 0.174 e. The summed E-state index contributed by atoms with van der Waals surface area (Å²) in [5.41, 5.74) is 1.06. The van der Waals surface area contributed by atoms with Crippen LogP contribution in [-0.4, -0.2) is 7.11 Å². The van der Waals surface area contributed by atoms with Crippen molar-refractivity contribution < 1.29 is 4.74 Å². The second-order valence-electron chi connectivity index (χ2n) is 2.89. The van der Waals surface area contributed by atoms with Crippen molar-refractivity contribution in [1.29, 1.82) is 0 Å². The fourth-order valence-corrected chi connectivity index (χ4v) is 2.87. The molecule has 2 rings (SSSR count). The summed E-state index contributed by atoms with van der Waals surface area (Å²) >= 11 is 13.4. The molecule has 14 heavy (non-hydrogen) atoms. The van der Waals surface area contributed by atoms with E-state index in [2.05, 4.69) is 0 Å². The molecule has 1 heterocycles. The third-order valence-electron chi connectivity index (χ3n) is 1.98. The van der Waals surface area contributed by atoms with Crippen LogP contribution in [0, 0.1) is 0 Å². The van der Waals surface area contributed by atoms with Gasteiger partial charge in [0, 0.05) is 15.6 Å². The summed E-state index contributed by atoms with van der Waals surface area (Å²) in [6.07, 6.45) is 0. The highest BCUT2D eigenvalue weighted by Crippen LogP contribution is 2.36. The van der Waals surface area contributed by atoms with Crippen LogP contribution in [0.1, 0.15) is 5.56 Å². The van der Waals surface area contributed by atoms with Gasteiger partial charge in [-0.1, -0.05) is 22.9 Å². The molecule has 0 spiro atoms. The Kier molecular flexibility index (Phi) is 2.86. The van der Waals surface area contributed by atoms with Crippen molar-refractivity contribution in [2.75, 3.05) is 7.11 Å². The number of thiophene rings is 1. The third kappa shape index (κ3) is 1.70. The van der Waals surface area contributed by atoms with Gasteiger partial charge in [-0.15, -0.1) is 11.6 Å². The van der Waals surface area contributed by atoms with Gasteiger partial charge in [-0.25, -0.2) is 0 Å². The van der Waals surface area contributed by atoms with E-state index in [1.165, 1.54) is 0 Å². The van der Waals surface area contributed by atoms with Crippen LogP contribution in [-0.2, 0) is 5.88 Å². The molecule has 0 aliphatic rings. The van der Waals surface area contributed by atoms with Crippen LogP contribution >= 0.6 is 34.5 Å². The molecule has 0 N–H and O–H groups in total. The molecule has 0 amide bonds. The molecule has 0 bridgehead atoms. The normalized spacial score (nSPS) is 10.8. The van der Waals surface area contributed by atoms with E-state index in [1.54, 1.807) is 18.4 Å². The van der Waals surface area contributed by atoms with Gasteiger partial charge in [-0.05, 0) is 29.1 Å². The van der Waals surface area contributed by atoms with Crippen molar-refractivity contribution in [3.05, 3.63) is 28.8 Å². The Hall–Kier alpha value is -0.440. The Balaban J connectivity index is 2.71. The summed E-state index contributed by atoms with van der Waals surface area (Å²) in [6.45, 7) is 0. The first-order valence-corrected chi connectivity index (χ1v) is 5.79. The lowest BCUT2D eigenvalue weighted by molar-refractivity contribution is 0.427. The minimum Gasteiger partial charge on any atom is -0.487 e. The first-order valence-electron chi connectivity index (χ1n) is 4.06. The zero-order valence-corrected chi connectivity index (χ0v) is 9.84. The van der Waals surface area contributed by atoms with Gasteiger partial charge in [0.25, 0.3) is 0 Å². The van der Waals surface area contributed by atoms with Gasteiger partial charge in [0.2, 0.25) is 0 Å². The van der Waals surface area contributed by atoms with Gasteiger partial charge in [0.05, 0.1) is 7.11 Å². The summed E-state index contributed by atoms with van der Waals surface area (Å²) in [5.74, 6) is 0.473. The van der Waals surface area contributed by atoms with Crippen molar-refractivity contribution in [3.8, 4) is 5.06 Å². The van der Waals surface area contributed by atoms with Crippen molar-refractivity contribution in [1.82, 2.24) is 0 Å². The smallest absolute Gasteiger partial charge is 0.174 e. The summed E-state index contributed by atoms with van der Waals surface area (Å²) < 4.78 is 6.32. The average Bonchev–Trinajstić information content (AvgIpc) is 2.59. The van der Waals surface area contributed by atoms with Crippen molar-refractivity contribution >= 4 is 44.6 Å². The van der Waals surface area contributed by atoms with Crippen LogP contribution in [0.15, 0.2) is 18.2 Å². The number of fused-ring (bicyclic) bond motifs is 1. The molecule has 0 aliphatic heterocycles. The largest absolute Gasteiger partial charge is 0.487 e. The summed E-state index contributed by atoms with van der Waals surface area (Å²) in [5, 5.41) is 2.69. The zero-order valence-electron chi connectivity index (χ0n) is 7.51. The van der Waals surface area contributed by atoms with Crippen molar-refractivity contribution in [2.24, 2.45) is 0 Å². The molecule has 4 heteroatoms. The van der Waals surface area contributed by atoms with E-state index in [-0.39, 0.29) is 0 Å². The number of halogens is 2. The second kappa shape index (κ2) is 3.97. The lowest BCUT2D eigenvalue weighted by atomic mass is 10.2. The highest BCUT2D eigenvalue weighted by atomic mass is 35.5. The van der Waals surface area contributed by atoms with Crippen LogP contribution in [0.3, 0.4) is 0 Å². The molecule has 0 fully saturated rings. The molecule has 1 nitrogen and oxygen atoms in total. The number of rotatable bonds is 2. The average molecular weight is 247 g/mol. The van der Waals surface area contributed by atoms with Crippen LogP contribution in [0.2, 0.25) is 5.02 Å². The quantitative estimate of drug-likeness (QED) is 0.719. The van der Waals surface area contributed by atoms with Gasteiger partial charge in [-0.3, -0.25) is 0 Å². The van der Waals surface area contributed by atoms with Gasteiger partial charge in [0.15, 0.2) is 5.06 Å². The number of alkyl halides is 1. The number of ether oxygens (including phenoxy) is 1. The Morgan fingerprint density at radius 2 is 2.14 bits per heavy atom. The van der Waals surface area contributed by atoms with Crippen LogP contribution in [0.5, 0.6) is 5.06 Å². The number of benzene rings is 1. The monoisotopic (exact) mass is 246 g/mol. The van der Waals surface area contributed by atoms with Crippen molar-refractivity contribution in [2.45, 2.75) is 5.88 Å². The standard InChI is InChI=1S/C10H8Cl2OS/c1-13-9-4-6-2-8(12)3-7(5-11)10(6)14-9/h2-4H,5H2,1H3. The molecule has 0 unspecified atom stereocenters. The van der Waals surface area contributed by atoms with Crippen LogP contribution < -0.4 is 4.74 Å². The van der Waals surface area contributed by atoms with E-state index in [1.807, 2.05) is 18.2 Å². The molecule has 0 radical (unpaired) electrons. The minimum absolute atomic E-state index is 0.473. The third-order valence-corrected chi connectivity index (χ3v) is 3.67. The molecule has 74 valence electrons. The first-order chi connectivity index (χ1) is 6.74. The Bertz CT molecular complexity index is 464. The Morgan fingerprint density at radius 1 is 1.36 bits per heavy atom. The van der Waals surface area contributed by atoms with Crippen molar-refractivity contribution in [3.63, 3.8) is 0 Å². The molecule has 1 aromatic carbocycles. The van der Waals surface area contributed by atoms with E-state index < -0.39 is 0 Å². The number of hydrogen-bond acceptors (Lipinski definition) is 2. The van der Waals surface area contributed by atoms with Crippen LogP contribution in [0.25, 0.3) is 10.1 Å². The van der Waals surface area contributed by atoms with E-state index in [9.17, 15) is 0 Å². The lowest BCUT2D eigenvalue weighted by Crippen LogP contribution is -1.77. The number of methoxy groups -OCH3 is 1. The fraction of sp³-hybridized carbons (Fsp3) is 0.200. The minimum atomic E-state index is 0.473. The fourth-order valence-electron chi connectivity index (χ4n) is 1.36. The SMILES string of the molecule is COc1cc2cc(Cl)cc(CCl)c2s1. The molecule has 0 saturated carbocycles. The highest BCUT2D eigenvalue weighted by Gasteiger charge is 2.07. The Morgan fingerprint density at radius 3 is 2.79 bits per heavy atom. The lowest BCUT2D eigenvalue weighted by Gasteiger charge is -1.98. The highest BCUT2D eigenvalue weighted by molar-refractivity contribution is 7.21. The maximum atomic E-state index is 5.96. The van der Waals surface area contributed by atoms with E-state index >= 15 is 0 Å². The Labute approximate surface area is 96.2 Å². The summed E-state index contributed by atoms with van der Waals surface area (Å²) in [7, 11) is 1.66. The maximum absolute atomic E-state index is 5.96. The molecule has 0 saturated heterocycles. The second-order valence-corrected chi connectivity index (χ2v) is 4.60. The van der Waals surface area contributed by atoms with Gasteiger partial charge >= 0.3 is 0 Å². The van der Waals surface area contributed by atoms with Crippen LogP contribution in [0.4, 0.5) is 0 Å². The van der Waals surface area contributed by atoms with Gasteiger partial charge < -0.3 is 4.74 Å².